The highest BCUT2D eigenvalue weighted by Crippen LogP contribution is 2.27. The van der Waals surface area contributed by atoms with Crippen molar-refractivity contribution in [2.75, 3.05) is 26.2 Å². The molecule has 2 N–H and O–H groups in total. The van der Waals surface area contributed by atoms with Gasteiger partial charge in [0.1, 0.15) is 0 Å². The molecule has 1 aromatic rings. The number of rotatable bonds is 5. The number of hydrogen-bond donors (Lipinski definition) is 2. The van der Waals surface area contributed by atoms with Gasteiger partial charge >= 0.3 is 0 Å². The lowest BCUT2D eigenvalue weighted by molar-refractivity contribution is -0.123. The summed E-state index contributed by atoms with van der Waals surface area (Å²) in [6.07, 6.45) is 4.08. The molecule has 2 unspecified atom stereocenters. The predicted octanol–water partition coefficient (Wildman–Crippen LogP) is 3.01. The average Bonchev–Trinajstić information content (AvgIpc) is 3.30. The molecule has 5 nitrogen and oxygen atoms in total. The molecule has 0 spiro atoms. The lowest BCUT2D eigenvalue weighted by Gasteiger charge is -2.33. The van der Waals surface area contributed by atoms with Crippen LogP contribution in [0.4, 0.5) is 0 Å². The van der Waals surface area contributed by atoms with Crippen molar-refractivity contribution in [3.63, 3.8) is 0 Å². The van der Waals surface area contributed by atoms with Gasteiger partial charge in [-0.25, -0.2) is 0 Å². The first kappa shape index (κ1) is 21.2. The Morgan fingerprint density at radius 1 is 1.35 bits per heavy atom. The fourth-order valence-corrected chi connectivity index (χ4v) is 4.80. The molecule has 2 atom stereocenters. The second-order valence-electron chi connectivity index (χ2n) is 7.51. The van der Waals surface area contributed by atoms with E-state index in [2.05, 4.69) is 30.5 Å². The highest BCUT2D eigenvalue weighted by Gasteiger charge is 2.28. The second kappa shape index (κ2) is 9.72. The number of hydrogen-bond acceptors (Lipinski definition) is 4. The Hall–Kier alpha value is -1.11. The van der Waals surface area contributed by atoms with Crippen LogP contribution in [0, 0.1) is 5.92 Å². The SMILES string of the molecule is CC(C)c1ccsc1C(=O)N1CCCC(CNC(=O)C2CCCN2)C1.Cl. The van der Waals surface area contributed by atoms with Crippen LogP contribution in [0.25, 0.3) is 0 Å². The van der Waals surface area contributed by atoms with Gasteiger partial charge in [-0.2, -0.15) is 0 Å². The van der Waals surface area contributed by atoms with E-state index in [4.69, 9.17) is 0 Å². The van der Waals surface area contributed by atoms with Gasteiger partial charge in [0, 0.05) is 19.6 Å². The van der Waals surface area contributed by atoms with Crippen molar-refractivity contribution in [1.29, 1.82) is 0 Å². The molecule has 0 bridgehead atoms. The Morgan fingerprint density at radius 3 is 2.85 bits per heavy atom. The minimum atomic E-state index is -0.0268. The Bertz CT molecular complexity index is 614. The van der Waals surface area contributed by atoms with Gasteiger partial charge in [0.25, 0.3) is 5.91 Å². The zero-order valence-corrected chi connectivity index (χ0v) is 17.3. The maximum absolute atomic E-state index is 12.9. The summed E-state index contributed by atoms with van der Waals surface area (Å²) in [5, 5.41) is 8.33. The summed E-state index contributed by atoms with van der Waals surface area (Å²) in [6, 6.07) is 2.04. The van der Waals surface area contributed by atoms with Crippen LogP contribution in [0.2, 0.25) is 0 Å². The third-order valence-electron chi connectivity index (χ3n) is 5.26. The summed E-state index contributed by atoms with van der Waals surface area (Å²) in [5.74, 6) is 0.989. The van der Waals surface area contributed by atoms with Gasteiger partial charge in [-0.05, 0) is 61.1 Å². The van der Waals surface area contributed by atoms with E-state index in [-0.39, 0.29) is 30.3 Å². The molecule has 1 aromatic heterocycles. The first-order chi connectivity index (χ1) is 12.1. The third kappa shape index (κ3) is 4.99. The third-order valence-corrected chi connectivity index (χ3v) is 6.18. The fourth-order valence-electron chi connectivity index (χ4n) is 3.78. The number of likely N-dealkylation sites (tertiary alicyclic amines) is 1. The van der Waals surface area contributed by atoms with E-state index >= 15 is 0 Å². The van der Waals surface area contributed by atoms with Crippen molar-refractivity contribution in [3.8, 4) is 0 Å². The molecule has 3 heterocycles. The Labute approximate surface area is 166 Å². The van der Waals surface area contributed by atoms with Crippen molar-refractivity contribution in [2.45, 2.75) is 51.5 Å². The Kier molecular flexibility index (Phi) is 7.92. The largest absolute Gasteiger partial charge is 0.354 e. The smallest absolute Gasteiger partial charge is 0.264 e. The summed E-state index contributed by atoms with van der Waals surface area (Å²) in [5.41, 5.74) is 1.15. The van der Waals surface area contributed by atoms with Crippen molar-refractivity contribution in [3.05, 3.63) is 21.9 Å². The fraction of sp³-hybridized carbons (Fsp3) is 0.684. The number of carbonyl (C=O) groups excluding carboxylic acids is 2. The van der Waals surface area contributed by atoms with Crippen molar-refractivity contribution >= 4 is 35.6 Å². The minimum Gasteiger partial charge on any atom is -0.354 e. The summed E-state index contributed by atoms with van der Waals surface area (Å²) in [6.45, 7) is 7.43. The van der Waals surface area contributed by atoms with E-state index in [1.165, 1.54) is 0 Å². The number of carbonyl (C=O) groups is 2. The molecule has 2 saturated heterocycles. The number of amides is 2. The molecule has 2 aliphatic rings. The molecular weight excluding hydrogens is 370 g/mol. The van der Waals surface area contributed by atoms with Crippen molar-refractivity contribution < 1.29 is 9.59 Å². The lowest BCUT2D eigenvalue weighted by Crippen LogP contribution is -2.46. The van der Waals surface area contributed by atoms with Crippen LogP contribution in [-0.2, 0) is 4.79 Å². The number of nitrogens with one attached hydrogen (secondary N) is 2. The zero-order valence-electron chi connectivity index (χ0n) is 15.6. The van der Waals surface area contributed by atoms with E-state index < -0.39 is 0 Å². The van der Waals surface area contributed by atoms with E-state index in [0.29, 0.717) is 18.4 Å². The van der Waals surface area contributed by atoms with Gasteiger partial charge in [0.2, 0.25) is 5.91 Å². The molecule has 2 fully saturated rings. The zero-order chi connectivity index (χ0) is 17.8. The molecule has 3 rings (SSSR count). The molecule has 0 saturated carbocycles. The standard InChI is InChI=1S/C19H29N3O2S.ClH/c1-13(2)15-7-10-25-17(15)19(24)22-9-4-5-14(12-22)11-21-18(23)16-6-3-8-20-16;/h7,10,13-14,16,20H,3-6,8-9,11-12H2,1-2H3,(H,21,23);1H. The van der Waals surface area contributed by atoms with Crippen molar-refractivity contribution in [2.24, 2.45) is 5.92 Å². The van der Waals surface area contributed by atoms with Gasteiger partial charge in [-0.3, -0.25) is 9.59 Å². The number of thiophene rings is 1. The molecular formula is C19H30ClN3O2S. The Balaban J connectivity index is 0.00000243. The van der Waals surface area contributed by atoms with Gasteiger partial charge in [0.05, 0.1) is 10.9 Å². The highest BCUT2D eigenvalue weighted by molar-refractivity contribution is 7.12. The van der Waals surface area contributed by atoms with Crippen LogP contribution in [-0.4, -0.2) is 48.9 Å². The van der Waals surface area contributed by atoms with Crippen LogP contribution < -0.4 is 10.6 Å². The number of piperidine rings is 1. The molecule has 2 aliphatic heterocycles. The number of nitrogens with zero attached hydrogens (tertiary/aromatic N) is 1. The normalized spacial score (nSPS) is 23.0. The molecule has 2 amide bonds. The van der Waals surface area contributed by atoms with E-state index in [9.17, 15) is 9.59 Å². The average molecular weight is 400 g/mol. The second-order valence-corrected chi connectivity index (χ2v) is 8.43. The van der Waals surface area contributed by atoms with Gasteiger partial charge < -0.3 is 15.5 Å². The van der Waals surface area contributed by atoms with Gasteiger partial charge in [0.15, 0.2) is 0 Å². The van der Waals surface area contributed by atoms with Crippen molar-refractivity contribution in [1.82, 2.24) is 15.5 Å². The number of halogens is 1. The van der Waals surface area contributed by atoms with Crippen LogP contribution in [0.5, 0.6) is 0 Å². The molecule has 7 heteroatoms. The topological polar surface area (TPSA) is 61.4 Å². The Morgan fingerprint density at radius 2 is 2.15 bits per heavy atom. The summed E-state index contributed by atoms with van der Waals surface area (Å²) in [4.78, 5) is 27.9. The summed E-state index contributed by atoms with van der Waals surface area (Å²) >= 11 is 1.55. The van der Waals surface area contributed by atoms with Crippen LogP contribution in [0.15, 0.2) is 11.4 Å². The van der Waals surface area contributed by atoms with Crippen LogP contribution >= 0.6 is 23.7 Å². The summed E-state index contributed by atoms with van der Waals surface area (Å²) < 4.78 is 0. The van der Waals surface area contributed by atoms with E-state index in [0.717, 1.165) is 55.8 Å². The van der Waals surface area contributed by atoms with Gasteiger partial charge in [-0.1, -0.05) is 13.8 Å². The minimum absolute atomic E-state index is 0. The van der Waals surface area contributed by atoms with Gasteiger partial charge in [-0.15, -0.1) is 23.7 Å². The molecule has 146 valence electrons. The van der Waals surface area contributed by atoms with Crippen LogP contribution in [0.1, 0.15) is 60.7 Å². The molecule has 0 aliphatic carbocycles. The van der Waals surface area contributed by atoms with Crippen LogP contribution in [0.3, 0.4) is 0 Å². The van der Waals surface area contributed by atoms with E-state index in [1.54, 1.807) is 11.3 Å². The summed E-state index contributed by atoms with van der Waals surface area (Å²) in [7, 11) is 0. The maximum Gasteiger partial charge on any atom is 0.264 e. The quantitative estimate of drug-likeness (QED) is 0.800. The lowest BCUT2D eigenvalue weighted by atomic mass is 9.97. The first-order valence-corrected chi connectivity index (χ1v) is 10.3. The monoisotopic (exact) mass is 399 g/mol. The maximum atomic E-state index is 12.9. The highest BCUT2D eigenvalue weighted by atomic mass is 35.5. The van der Waals surface area contributed by atoms with E-state index in [1.807, 2.05) is 10.3 Å². The predicted molar refractivity (Wildman–Crippen MR) is 108 cm³/mol. The first-order valence-electron chi connectivity index (χ1n) is 9.44. The molecule has 0 radical (unpaired) electrons. The molecule has 26 heavy (non-hydrogen) atoms. The molecule has 0 aromatic carbocycles.